The first-order valence-corrected chi connectivity index (χ1v) is 9.07. The van der Waals surface area contributed by atoms with Crippen molar-refractivity contribution in [1.29, 1.82) is 0 Å². The summed E-state index contributed by atoms with van der Waals surface area (Å²) in [5.74, 6) is 0.957. The molecule has 0 atom stereocenters. The Morgan fingerprint density at radius 3 is 2.73 bits per heavy atom. The number of pyridine rings is 1. The van der Waals surface area contributed by atoms with Gasteiger partial charge in [-0.1, -0.05) is 30.2 Å². The zero-order chi connectivity index (χ0) is 18.1. The van der Waals surface area contributed by atoms with E-state index in [1.165, 1.54) is 0 Å². The lowest BCUT2D eigenvalue weighted by Crippen LogP contribution is -2.27. The van der Waals surface area contributed by atoms with Crippen molar-refractivity contribution in [2.75, 3.05) is 12.4 Å². The number of rotatable bonds is 4. The molecule has 1 fully saturated rings. The molecule has 1 N–H and O–H groups in total. The number of ether oxygens (including phenoxy) is 1. The highest BCUT2D eigenvalue weighted by Gasteiger charge is 2.25. The molecule has 0 aliphatic heterocycles. The van der Waals surface area contributed by atoms with Crippen LogP contribution in [0.4, 0.5) is 5.69 Å². The summed E-state index contributed by atoms with van der Waals surface area (Å²) in [5, 5.41) is 4.53. The number of nitrogens with zero attached hydrogens (tertiary/aromatic N) is 1. The number of halogens is 1. The minimum absolute atomic E-state index is 0.0954. The maximum atomic E-state index is 12.2. The summed E-state index contributed by atoms with van der Waals surface area (Å²) in [6.45, 7) is 0. The topological polar surface area (TPSA) is 51.2 Å². The lowest BCUT2D eigenvalue weighted by molar-refractivity contribution is -0.122. The Hall–Kier alpha value is -2.59. The molecule has 0 unspecified atom stereocenters. The van der Waals surface area contributed by atoms with E-state index in [9.17, 15) is 4.79 Å². The highest BCUT2D eigenvalue weighted by atomic mass is 35.5. The molecule has 0 bridgehead atoms. The second-order valence-corrected chi connectivity index (χ2v) is 7.01. The third-order valence-corrected chi connectivity index (χ3v) is 5.09. The van der Waals surface area contributed by atoms with Gasteiger partial charge in [0.15, 0.2) is 0 Å². The summed E-state index contributed by atoms with van der Waals surface area (Å²) >= 11 is 6.10. The Labute approximate surface area is 157 Å². The molecule has 1 saturated carbocycles. The number of benzene rings is 2. The lowest BCUT2D eigenvalue weighted by Gasteiger charge is -2.24. The minimum Gasteiger partial charge on any atom is -0.496 e. The number of hydrogen-bond acceptors (Lipinski definition) is 3. The Kier molecular flexibility index (Phi) is 4.51. The van der Waals surface area contributed by atoms with Crippen molar-refractivity contribution in [3.05, 3.63) is 53.6 Å². The van der Waals surface area contributed by atoms with Gasteiger partial charge in [-0.3, -0.25) is 4.79 Å². The molecule has 4 nitrogen and oxygen atoms in total. The van der Waals surface area contributed by atoms with E-state index in [0.29, 0.717) is 10.8 Å². The fraction of sp³-hybridized carbons (Fsp3) is 0.238. The van der Waals surface area contributed by atoms with Crippen molar-refractivity contribution >= 4 is 34.1 Å². The number of fused-ring (bicyclic) bond motifs is 1. The molecule has 132 valence electrons. The number of hydrogen-bond donors (Lipinski definition) is 1. The predicted molar refractivity (Wildman–Crippen MR) is 105 cm³/mol. The van der Waals surface area contributed by atoms with Crippen molar-refractivity contribution in [2.45, 2.75) is 19.3 Å². The zero-order valence-corrected chi connectivity index (χ0v) is 15.2. The van der Waals surface area contributed by atoms with Crippen molar-refractivity contribution in [3.8, 4) is 17.0 Å². The minimum atomic E-state index is 0.0954. The molecule has 1 amide bonds. The van der Waals surface area contributed by atoms with Gasteiger partial charge in [-0.25, -0.2) is 4.98 Å². The highest BCUT2D eigenvalue weighted by Crippen LogP contribution is 2.33. The summed E-state index contributed by atoms with van der Waals surface area (Å²) in [6, 6.07) is 15.2. The Morgan fingerprint density at radius 1 is 1.19 bits per heavy atom. The van der Waals surface area contributed by atoms with E-state index in [0.717, 1.165) is 47.1 Å². The van der Waals surface area contributed by atoms with E-state index in [1.54, 1.807) is 7.11 Å². The first-order valence-electron chi connectivity index (χ1n) is 8.69. The maximum absolute atomic E-state index is 12.2. The van der Waals surface area contributed by atoms with Crippen molar-refractivity contribution in [1.82, 2.24) is 4.98 Å². The predicted octanol–water partition coefficient (Wildman–Crippen LogP) is 5.30. The summed E-state index contributed by atoms with van der Waals surface area (Å²) < 4.78 is 5.57. The van der Waals surface area contributed by atoms with Crippen LogP contribution in [-0.4, -0.2) is 18.0 Å². The Bertz CT molecular complexity index is 983. The first kappa shape index (κ1) is 16.9. The number of amides is 1. The molecule has 0 radical (unpaired) electrons. The van der Waals surface area contributed by atoms with Gasteiger partial charge in [0.05, 0.1) is 18.3 Å². The number of carbonyl (C=O) groups excluding carboxylic acids is 1. The van der Waals surface area contributed by atoms with Gasteiger partial charge >= 0.3 is 0 Å². The maximum Gasteiger partial charge on any atom is 0.227 e. The number of aromatic nitrogens is 1. The Morgan fingerprint density at radius 2 is 2.04 bits per heavy atom. The average molecular weight is 367 g/mol. The summed E-state index contributed by atoms with van der Waals surface area (Å²) in [5.41, 5.74) is 3.30. The van der Waals surface area contributed by atoms with Crippen LogP contribution in [0.25, 0.3) is 22.2 Å². The van der Waals surface area contributed by atoms with E-state index in [-0.39, 0.29) is 11.8 Å². The van der Waals surface area contributed by atoms with Gasteiger partial charge < -0.3 is 10.1 Å². The van der Waals surface area contributed by atoms with E-state index < -0.39 is 0 Å². The van der Waals surface area contributed by atoms with Crippen LogP contribution >= 0.6 is 11.6 Å². The standard InChI is InChI=1S/C21H19ClN2O2/c1-26-20-12-19(14-6-3-7-15(22)10-14)24-18-9-8-16(11-17(18)20)23-21(25)13-4-2-5-13/h3,6-13H,2,4-5H2,1H3,(H,23,25). The van der Waals surface area contributed by atoms with Crippen LogP contribution in [0.5, 0.6) is 5.75 Å². The van der Waals surface area contributed by atoms with Crippen LogP contribution in [0, 0.1) is 5.92 Å². The number of methoxy groups -OCH3 is 1. The SMILES string of the molecule is COc1cc(-c2cccc(Cl)c2)nc2ccc(NC(=O)C3CCC3)cc12. The largest absolute Gasteiger partial charge is 0.496 e. The van der Waals surface area contributed by atoms with Gasteiger partial charge in [-0.05, 0) is 43.2 Å². The van der Waals surface area contributed by atoms with Crippen LogP contribution in [0.1, 0.15) is 19.3 Å². The third kappa shape index (κ3) is 3.25. The second kappa shape index (κ2) is 6.96. The average Bonchev–Trinajstić information content (AvgIpc) is 2.59. The van der Waals surface area contributed by atoms with Crippen LogP contribution in [0.2, 0.25) is 5.02 Å². The van der Waals surface area contributed by atoms with E-state index in [2.05, 4.69) is 5.32 Å². The molecule has 26 heavy (non-hydrogen) atoms. The normalized spacial score (nSPS) is 14.1. The van der Waals surface area contributed by atoms with Crippen molar-refractivity contribution in [3.63, 3.8) is 0 Å². The quantitative estimate of drug-likeness (QED) is 0.681. The Balaban J connectivity index is 1.71. The smallest absolute Gasteiger partial charge is 0.227 e. The van der Waals surface area contributed by atoms with Crippen LogP contribution < -0.4 is 10.1 Å². The molecular formula is C21H19ClN2O2. The monoisotopic (exact) mass is 366 g/mol. The molecule has 2 aromatic carbocycles. The van der Waals surface area contributed by atoms with Gasteiger partial charge in [-0.15, -0.1) is 0 Å². The molecule has 0 spiro atoms. The van der Waals surface area contributed by atoms with Crippen LogP contribution in [-0.2, 0) is 4.79 Å². The molecule has 1 aliphatic carbocycles. The van der Waals surface area contributed by atoms with Crippen LogP contribution in [0.3, 0.4) is 0 Å². The summed E-state index contributed by atoms with van der Waals surface area (Å²) in [6.07, 6.45) is 3.10. The number of anilines is 1. The molecule has 4 rings (SSSR count). The summed E-state index contributed by atoms with van der Waals surface area (Å²) in [7, 11) is 1.64. The van der Waals surface area contributed by atoms with Crippen molar-refractivity contribution in [2.24, 2.45) is 5.92 Å². The van der Waals surface area contributed by atoms with Gasteiger partial charge in [0.25, 0.3) is 0 Å². The van der Waals surface area contributed by atoms with E-state index in [4.69, 9.17) is 21.3 Å². The van der Waals surface area contributed by atoms with E-state index in [1.807, 2.05) is 48.5 Å². The second-order valence-electron chi connectivity index (χ2n) is 6.57. The number of carbonyl (C=O) groups is 1. The fourth-order valence-corrected chi connectivity index (χ4v) is 3.34. The lowest BCUT2D eigenvalue weighted by atomic mass is 9.85. The molecule has 1 aliphatic rings. The van der Waals surface area contributed by atoms with Crippen LogP contribution in [0.15, 0.2) is 48.5 Å². The molecule has 1 heterocycles. The van der Waals surface area contributed by atoms with Gasteiger partial charge in [-0.2, -0.15) is 0 Å². The van der Waals surface area contributed by atoms with Gasteiger partial charge in [0.2, 0.25) is 5.91 Å². The number of nitrogens with one attached hydrogen (secondary N) is 1. The molecular weight excluding hydrogens is 348 g/mol. The van der Waals surface area contributed by atoms with Gasteiger partial charge in [0, 0.05) is 33.6 Å². The molecule has 3 aromatic rings. The highest BCUT2D eigenvalue weighted by molar-refractivity contribution is 6.30. The first-order chi connectivity index (χ1) is 12.6. The zero-order valence-electron chi connectivity index (χ0n) is 14.5. The van der Waals surface area contributed by atoms with Crippen molar-refractivity contribution < 1.29 is 9.53 Å². The third-order valence-electron chi connectivity index (χ3n) is 4.85. The summed E-state index contributed by atoms with van der Waals surface area (Å²) in [4.78, 5) is 16.9. The van der Waals surface area contributed by atoms with E-state index >= 15 is 0 Å². The molecule has 0 saturated heterocycles. The molecule has 5 heteroatoms. The fourth-order valence-electron chi connectivity index (χ4n) is 3.15. The van der Waals surface area contributed by atoms with Gasteiger partial charge in [0.1, 0.15) is 5.75 Å². The molecule has 1 aromatic heterocycles.